The lowest BCUT2D eigenvalue weighted by Gasteiger charge is -2.42. The Bertz CT molecular complexity index is 779. The van der Waals surface area contributed by atoms with Crippen molar-refractivity contribution in [3.8, 4) is 11.5 Å². The molecule has 7 heteroatoms. The molecule has 0 radical (unpaired) electrons. The van der Waals surface area contributed by atoms with Crippen LogP contribution in [0.1, 0.15) is 32.6 Å². The van der Waals surface area contributed by atoms with E-state index in [-0.39, 0.29) is 12.0 Å². The molecule has 0 amide bonds. The largest absolute Gasteiger partial charge is 0.493 e. The average Bonchev–Trinajstić information content (AvgIpc) is 2.67. The molecule has 0 aliphatic carbocycles. The van der Waals surface area contributed by atoms with Gasteiger partial charge in [0.25, 0.3) is 0 Å². The topological polar surface area (TPSA) is 93.7 Å². The molecule has 26 heavy (non-hydrogen) atoms. The predicted molar refractivity (Wildman–Crippen MR) is 103 cm³/mol. The second-order valence-electron chi connectivity index (χ2n) is 7.07. The van der Waals surface area contributed by atoms with Crippen LogP contribution in [0.2, 0.25) is 0 Å². The molecular formula is C19H28N4O3. The first-order valence-electron chi connectivity index (χ1n) is 9.11. The van der Waals surface area contributed by atoms with Gasteiger partial charge in [-0.15, -0.1) is 0 Å². The van der Waals surface area contributed by atoms with Crippen molar-refractivity contribution in [2.45, 2.75) is 32.6 Å². The van der Waals surface area contributed by atoms with Crippen LogP contribution in [-0.4, -0.2) is 49.0 Å². The van der Waals surface area contributed by atoms with Gasteiger partial charge in [-0.3, -0.25) is 0 Å². The highest BCUT2D eigenvalue weighted by molar-refractivity contribution is 5.91. The summed E-state index contributed by atoms with van der Waals surface area (Å²) in [5.74, 6) is 2.24. The Morgan fingerprint density at radius 3 is 2.62 bits per heavy atom. The van der Waals surface area contributed by atoms with Crippen LogP contribution < -0.4 is 20.1 Å². The highest BCUT2D eigenvalue weighted by atomic mass is 16.5. The van der Waals surface area contributed by atoms with Gasteiger partial charge in [0, 0.05) is 30.0 Å². The molecule has 0 bridgehead atoms. The van der Waals surface area contributed by atoms with Crippen LogP contribution in [0.4, 0.5) is 11.8 Å². The molecule has 1 aromatic carbocycles. The highest BCUT2D eigenvalue weighted by Gasteiger charge is 2.35. The Morgan fingerprint density at radius 1 is 1.23 bits per heavy atom. The Kier molecular flexibility index (Phi) is 5.36. The summed E-state index contributed by atoms with van der Waals surface area (Å²) in [6, 6.07) is 3.63. The maximum atomic E-state index is 9.97. The SMILES string of the molecule is CCC[C@@]1(CO)CCCN(c2nc(N)c3cc(OC)c(OC)cc3n2)C1. The normalized spacial score (nSPS) is 20.4. The number of aromatic nitrogens is 2. The molecule has 1 fully saturated rings. The molecule has 2 aromatic rings. The van der Waals surface area contributed by atoms with Gasteiger partial charge in [-0.1, -0.05) is 13.3 Å². The standard InChI is InChI=1S/C19H28N4O3/c1-4-6-19(12-24)7-5-8-23(11-19)18-21-14-10-16(26-3)15(25-2)9-13(14)17(20)22-18/h9-10,24H,4-8,11-12H2,1-3H3,(H2,20,21,22)/t19-/m1/s1. The Hall–Kier alpha value is -2.28. The number of methoxy groups -OCH3 is 2. The minimum Gasteiger partial charge on any atom is -0.493 e. The number of nitrogens with zero attached hydrogens (tertiary/aromatic N) is 3. The van der Waals surface area contributed by atoms with Gasteiger partial charge in [0.05, 0.1) is 26.3 Å². The van der Waals surface area contributed by atoms with E-state index in [2.05, 4.69) is 16.8 Å². The molecule has 0 saturated carbocycles. The summed E-state index contributed by atoms with van der Waals surface area (Å²) >= 11 is 0. The third kappa shape index (κ3) is 3.35. The summed E-state index contributed by atoms with van der Waals surface area (Å²) < 4.78 is 10.7. The molecular weight excluding hydrogens is 332 g/mol. The van der Waals surface area contributed by atoms with Crippen molar-refractivity contribution in [1.29, 1.82) is 0 Å². The van der Waals surface area contributed by atoms with Crippen molar-refractivity contribution in [1.82, 2.24) is 9.97 Å². The quantitative estimate of drug-likeness (QED) is 0.818. The van der Waals surface area contributed by atoms with E-state index in [4.69, 9.17) is 20.2 Å². The number of nitrogens with two attached hydrogens (primary N) is 1. The first-order chi connectivity index (χ1) is 12.6. The van der Waals surface area contributed by atoms with Crippen molar-refractivity contribution in [3.05, 3.63) is 12.1 Å². The van der Waals surface area contributed by atoms with Crippen LogP contribution >= 0.6 is 0 Å². The number of ether oxygens (including phenoxy) is 2. The van der Waals surface area contributed by atoms with Crippen LogP contribution in [0, 0.1) is 5.41 Å². The van der Waals surface area contributed by atoms with Crippen molar-refractivity contribution in [3.63, 3.8) is 0 Å². The Morgan fingerprint density at radius 2 is 1.96 bits per heavy atom. The maximum absolute atomic E-state index is 9.97. The van der Waals surface area contributed by atoms with Gasteiger partial charge in [0.1, 0.15) is 5.82 Å². The first-order valence-corrected chi connectivity index (χ1v) is 9.11. The molecule has 3 rings (SSSR count). The molecule has 7 nitrogen and oxygen atoms in total. The molecule has 0 unspecified atom stereocenters. The summed E-state index contributed by atoms with van der Waals surface area (Å²) in [6.07, 6.45) is 4.08. The van der Waals surface area contributed by atoms with Crippen LogP contribution in [0.5, 0.6) is 11.5 Å². The second kappa shape index (κ2) is 7.53. The molecule has 1 aliphatic heterocycles. The van der Waals surface area contributed by atoms with Gasteiger partial charge in [-0.05, 0) is 25.3 Å². The molecule has 2 heterocycles. The second-order valence-corrected chi connectivity index (χ2v) is 7.07. The number of hydrogen-bond acceptors (Lipinski definition) is 7. The summed E-state index contributed by atoms with van der Waals surface area (Å²) in [5.41, 5.74) is 6.85. The number of aliphatic hydroxyl groups excluding tert-OH is 1. The van der Waals surface area contributed by atoms with E-state index in [1.54, 1.807) is 20.3 Å². The molecule has 1 aliphatic rings. The van der Waals surface area contributed by atoms with E-state index in [1.807, 2.05) is 6.07 Å². The van der Waals surface area contributed by atoms with Crippen LogP contribution in [0.15, 0.2) is 12.1 Å². The number of aliphatic hydroxyl groups is 1. The van der Waals surface area contributed by atoms with Crippen molar-refractivity contribution in [2.75, 3.05) is 44.5 Å². The van der Waals surface area contributed by atoms with E-state index in [1.165, 1.54) is 0 Å². The summed E-state index contributed by atoms with van der Waals surface area (Å²) in [7, 11) is 3.19. The van der Waals surface area contributed by atoms with Gasteiger partial charge < -0.3 is 25.2 Å². The van der Waals surface area contributed by atoms with Gasteiger partial charge in [-0.25, -0.2) is 4.98 Å². The molecule has 0 spiro atoms. The predicted octanol–water partition coefficient (Wildman–Crippen LogP) is 2.61. The summed E-state index contributed by atoms with van der Waals surface area (Å²) in [4.78, 5) is 11.4. The number of fused-ring (bicyclic) bond motifs is 1. The van der Waals surface area contributed by atoms with Crippen LogP contribution in [0.3, 0.4) is 0 Å². The lowest BCUT2D eigenvalue weighted by molar-refractivity contribution is 0.0949. The number of nitrogen functional groups attached to an aromatic ring is 1. The van der Waals surface area contributed by atoms with Crippen LogP contribution in [0.25, 0.3) is 10.9 Å². The zero-order valence-corrected chi connectivity index (χ0v) is 15.8. The minimum absolute atomic E-state index is 0.0856. The van der Waals surface area contributed by atoms with Gasteiger partial charge >= 0.3 is 0 Å². The Balaban J connectivity index is 2.00. The fraction of sp³-hybridized carbons (Fsp3) is 0.579. The third-order valence-electron chi connectivity index (χ3n) is 5.28. The fourth-order valence-electron chi connectivity index (χ4n) is 3.93. The lowest BCUT2D eigenvalue weighted by atomic mass is 9.77. The fourth-order valence-corrected chi connectivity index (χ4v) is 3.93. The van der Waals surface area contributed by atoms with Crippen LogP contribution in [-0.2, 0) is 0 Å². The zero-order chi connectivity index (χ0) is 18.7. The molecule has 3 N–H and O–H groups in total. The van der Waals surface area contributed by atoms with E-state index in [0.717, 1.165) is 49.7 Å². The number of benzene rings is 1. The molecule has 1 atom stereocenters. The number of piperidine rings is 1. The number of rotatable bonds is 6. The van der Waals surface area contributed by atoms with Gasteiger partial charge in [0.15, 0.2) is 11.5 Å². The lowest BCUT2D eigenvalue weighted by Crippen LogP contribution is -2.46. The monoisotopic (exact) mass is 360 g/mol. The van der Waals surface area contributed by atoms with E-state index in [9.17, 15) is 5.11 Å². The van der Waals surface area contributed by atoms with Gasteiger partial charge in [-0.2, -0.15) is 4.98 Å². The third-order valence-corrected chi connectivity index (χ3v) is 5.28. The summed E-state index contributed by atoms with van der Waals surface area (Å²) in [6.45, 7) is 3.95. The summed E-state index contributed by atoms with van der Waals surface area (Å²) in [5, 5.41) is 10.7. The minimum atomic E-state index is -0.0856. The smallest absolute Gasteiger partial charge is 0.227 e. The Labute approximate surface area is 154 Å². The van der Waals surface area contributed by atoms with Crippen molar-refractivity contribution >= 4 is 22.7 Å². The highest BCUT2D eigenvalue weighted by Crippen LogP contribution is 2.37. The number of anilines is 2. The molecule has 1 saturated heterocycles. The molecule has 142 valence electrons. The van der Waals surface area contributed by atoms with Crippen molar-refractivity contribution < 1.29 is 14.6 Å². The number of hydrogen-bond donors (Lipinski definition) is 2. The van der Waals surface area contributed by atoms with E-state index < -0.39 is 0 Å². The average molecular weight is 360 g/mol. The van der Waals surface area contributed by atoms with E-state index in [0.29, 0.717) is 23.3 Å². The molecule has 1 aromatic heterocycles. The zero-order valence-electron chi connectivity index (χ0n) is 15.8. The van der Waals surface area contributed by atoms with Gasteiger partial charge in [0.2, 0.25) is 5.95 Å². The maximum Gasteiger partial charge on any atom is 0.227 e. The van der Waals surface area contributed by atoms with E-state index >= 15 is 0 Å². The first kappa shape index (κ1) is 18.5. The van der Waals surface area contributed by atoms with Crippen molar-refractivity contribution in [2.24, 2.45) is 5.41 Å².